The second-order valence-corrected chi connectivity index (χ2v) is 5.52. The van der Waals surface area contributed by atoms with E-state index in [-0.39, 0.29) is 23.5 Å². The standard InChI is InChI=1S/C15H11FN2OS/c16-9-5-6-11(17)10(7-9)13(19)8-15-18-12-3-1-2-4-14(12)20-15/h1-7H,8,17H2. The molecule has 2 aromatic carbocycles. The van der Waals surface area contributed by atoms with E-state index >= 15 is 0 Å². The largest absolute Gasteiger partial charge is 0.398 e. The summed E-state index contributed by atoms with van der Waals surface area (Å²) in [6.45, 7) is 0. The number of nitrogens with two attached hydrogens (primary N) is 1. The number of para-hydroxylation sites is 1. The highest BCUT2D eigenvalue weighted by Gasteiger charge is 2.14. The van der Waals surface area contributed by atoms with Crippen LogP contribution in [0.3, 0.4) is 0 Å². The number of aromatic nitrogens is 1. The minimum Gasteiger partial charge on any atom is -0.398 e. The normalized spacial score (nSPS) is 10.8. The molecule has 0 aliphatic heterocycles. The molecule has 20 heavy (non-hydrogen) atoms. The fourth-order valence-electron chi connectivity index (χ4n) is 2.00. The maximum atomic E-state index is 13.2. The molecule has 0 unspecified atom stereocenters. The summed E-state index contributed by atoms with van der Waals surface area (Å²) in [5.41, 5.74) is 7.08. The predicted molar refractivity (Wildman–Crippen MR) is 78.5 cm³/mol. The van der Waals surface area contributed by atoms with Gasteiger partial charge in [0, 0.05) is 11.3 Å². The number of carbonyl (C=O) groups excluding carboxylic acids is 1. The van der Waals surface area contributed by atoms with E-state index in [9.17, 15) is 9.18 Å². The zero-order valence-corrected chi connectivity index (χ0v) is 11.3. The maximum absolute atomic E-state index is 13.2. The van der Waals surface area contributed by atoms with E-state index in [0.717, 1.165) is 10.2 Å². The zero-order valence-electron chi connectivity index (χ0n) is 10.5. The van der Waals surface area contributed by atoms with Crippen LogP contribution in [0, 0.1) is 5.82 Å². The Kier molecular flexibility index (Phi) is 3.20. The Balaban J connectivity index is 1.90. The molecular formula is C15H11FN2OS. The van der Waals surface area contributed by atoms with Gasteiger partial charge in [0.2, 0.25) is 0 Å². The lowest BCUT2D eigenvalue weighted by molar-refractivity contribution is 0.0993. The summed E-state index contributed by atoms with van der Waals surface area (Å²) in [4.78, 5) is 16.6. The maximum Gasteiger partial charge on any atom is 0.171 e. The Labute approximate surface area is 118 Å². The third kappa shape index (κ3) is 2.40. The lowest BCUT2D eigenvalue weighted by atomic mass is 10.1. The number of thiazole rings is 1. The monoisotopic (exact) mass is 286 g/mol. The van der Waals surface area contributed by atoms with E-state index in [1.807, 2.05) is 24.3 Å². The van der Waals surface area contributed by atoms with Crippen LogP contribution in [0.4, 0.5) is 10.1 Å². The van der Waals surface area contributed by atoms with Crippen LogP contribution in [0.1, 0.15) is 15.4 Å². The van der Waals surface area contributed by atoms with E-state index < -0.39 is 5.82 Å². The van der Waals surface area contributed by atoms with Gasteiger partial charge in [-0.2, -0.15) is 0 Å². The van der Waals surface area contributed by atoms with Crippen LogP contribution < -0.4 is 5.73 Å². The SMILES string of the molecule is Nc1ccc(F)cc1C(=O)Cc1nc2ccccc2s1. The van der Waals surface area contributed by atoms with E-state index in [0.29, 0.717) is 5.01 Å². The third-order valence-electron chi connectivity index (χ3n) is 2.97. The van der Waals surface area contributed by atoms with Gasteiger partial charge in [-0.1, -0.05) is 12.1 Å². The van der Waals surface area contributed by atoms with Crippen molar-refractivity contribution in [2.45, 2.75) is 6.42 Å². The van der Waals surface area contributed by atoms with E-state index in [4.69, 9.17) is 5.73 Å². The predicted octanol–water partition coefficient (Wildman–Crippen LogP) is 3.44. The van der Waals surface area contributed by atoms with E-state index in [2.05, 4.69) is 4.98 Å². The van der Waals surface area contributed by atoms with Gasteiger partial charge >= 0.3 is 0 Å². The summed E-state index contributed by atoms with van der Waals surface area (Å²) < 4.78 is 14.2. The summed E-state index contributed by atoms with van der Waals surface area (Å²) >= 11 is 1.46. The Morgan fingerprint density at radius 1 is 1.25 bits per heavy atom. The Morgan fingerprint density at radius 3 is 2.85 bits per heavy atom. The molecule has 5 heteroatoms. The molecule has 3 aromatic rings. The first-order valence-electron chi connectivity index (χ1n) is 6.06. The fraction of sp³-hybridized carbons (Fsp3) is 0.0667. The average molecular weight is 286 g/mol. The summed E-state index contributed by atoms with van der Waals surface area (Å²) in [6.07, 6.45) is 0.132. The number of hydrogen-bond acceptors (Lipinski definition) is 4. The van der Waals surface area contributed by atoms with Crippen molar-refractivity contribution in [1.82, 2.24) is 4.98 Å². The van der Waals surface area contributed by atoms with Gasteiger partial charge in [-0.25, -0.2) is 9.37 Å². The molecule has 0 fully saturated rings. The molecule has 0 amide bonds. The number of halogens is 1. The number of fused-ring (bicyclic) bond motifs is 1. The number of hydrogen-bond donors (Lipinski definition) is 1. The molecule has 1 heterocycles. The molecule has 3 rings (SSSR count). The van der Waals surface area contributed by atoms with Gasteiger partial charge < -0.3 is 5.73 Å². The van der Waals surface area contributed by atoms with Crippen molar-refractivity contribution in [1.29, 1.82) is 0 Å². The second-order valence-electron chi connectivity index (χ2n) is 4.41. The summed E-state index contributed by atoms with van der Waals surface area (Å²) in [5.74, 6) is -0.687. The van der Waals surface area contributed by atoms with Crippen LogP contribution in [-0.2, 0) is 6.42 Å². The quantitative estimate of drug-likeness (QED) is 0.592. The highest BCUT2D eigenvalue weighted by molar-refractivity contribution is 7.18. The first kappa shape index (κ1) is 12.7. The smallest absolute Gasteiger partial charge is 0.171 e. The van der Waals surface area contributed by atoms with Crippen LogP contribution in [0.25, 0.3) is 10.2 Å². The zero-order chi connectivity index (χ0) is 14.1. The number of nitrogens with zero attached hydrogens (tertiary/aromatic N) is 1. The van der Waals surface area contributed by atoms with Crippen molar-refractivity contribution in [2.75, 3.05) is 5.73 Å². The second kappa shape index (κ2) is 5.02. The molecular weight excluding hydrogens is 275 g/mol. The van der Waals surface area contributed by atoms with Gasteiger partial charge in [0.05, 0.1) is 16.6 Å². The van der Waals surface area contributed by atoms with Gasteiger partial charge in [0.25, 0.3) is 0 Å². The molecule has 100 valence electrons. The van der Waals surface area contributed by atoms with Crippen molar-refractivity contribution in [2.24, 2.45) is 0 Å². The van der Waals surface area contributed by atoms with Gasteiger partial charge in [-0.05, 0) is 30.3 Å². The Hall–Kier alpha value is -2.27. The van der Waals surface area contributed by atoms with Gasteiger partial charge in [0.15, 0.2) is 5.78 Å². The van der Waals surface area contributed by atoms with Crippen LogP contribution in [-0.4, -0.2) is 10.8 Å². The van der Waals surface area contributed by atoms with E-state index in [1.165, 1.54) is 29.5 Å². The van der Waals surface area contributed by atoms with Crippen LogP contribution >= 0.6 is 11.3 Å². The van der Waals surface area contributed by atoms with Crippen LogP contribution in [0.5, 0.6) is 0 Å². The number of nitrogen functional groups attached to an aromatic ring is 1. The molecule has 0 bridgehead atoms. The first-order chi connectivity index (χ1) is 9.63. The molecule has 1 aromatic heterocycles. The topological polar surface area (TPSA) is 56.0 Å². The highest BCUT2D eigenvalue weighted by atomic mass is 32.1. The van der Waals surface area contributed by atoms with Gasteiger partial charge in [0.1, 0.15) is 10.8 Å². The molecule has 0 aliphatic rings. The number of Topliss-reactive ketones (excluding diaryl/α,β-unsaturated/α-hetero) is 1. The van der Waals surface area contributed by atoms with Crippen molar-refractivity contribution < 1.29 is 9.18 Å². The minimum atomic E-state index is -0.466. The average Bonchev–Trinajstić information content (AvgIpc) is 2.83. The van der Waals surface area contributed by atoms with Gasteiger partial charge in [-0.3, -0.25) is 4.79 Å². The molecule has 0 radical (unpaired) electrons. The summed E-state index contributed by atoms with van der Waals surface area (Å²) in [5, 5.41) is 0.708. The minimum absolute atomic E-state index is 0.132. The number of anilines is 1. The molecule has 0 saturated carbocycles. The Morgan fingerprint density at radius 2 is 2.05 bits per heavy atom. The van der Waals surface area contributed by atoms with Crippen molar-refractivity contribution in [3.8, 4) is 0 Å². The van der Waals surface area contributed by atoms with Gasteiger partial charge in [-0.15, -0.1) is 11.3 Å². The van der Waals surface area contributed by atoms with E-state index in [1.54, 1.807) is 0 Å². The number of ketones is 1. The van der Waals surface area contributed by atoms with Crippen molar-refractivity contribution in [3.05, 3.63) is 58.9 Å². The van der Waals surface area contributed by atoms with Crippen LogP contribution in [0.15, 0.2) is 42.5 Å². The van der Waals surface area contributed by atoms with Crippen molar-refractivity contribution >= 4 is 33.0 Å². The number of rotatable bonds is 3. The first-order valence-corrected chi connectivity index (χ1v) is 6.88. The molecule has 0 aliphatic carbocycles. The summed E-state index contributed by atoms with van der Waals surface area (Å²) in [7, 11) is 0. The third-order valence-corrected chi connectivity index (χ3v) is 4.00. The molecule has 0 saturated heterocycles. The Bertz CT molecular complexity index is 764. The number of benzene rings is 2. The lowest BCUT2D eigenvalue weighted by Crippen LogP contribution is -2.07. The summed E-state index contributed by atoms with van der Waals surface area (Å²) in [6, 6.07) is 11.5. The number of carbonyl (C=O) groups is 1. The highest BCUT2D eigenvalue weighted by Crippen LogP contribution is 2.23. The van der Waals surface area contributed by atoms with Crippen molar-refractivity contribution in [3.63, 3.8) is 0 Å². The molecule has 0 atom stereocenters. The lowest BCUT2D eigenvalue weighted by Gasteiger charge is -2.03. The fourth-order valence-corrected chi connectivity index (χ4v) is 2.96. The molecule has 3 nitrogen and oxygen atoms in total. The molecule has 2 N–H and O–H groups in total. The molecule has 0 spiro atoms. The van der Waals surface area contributed by atoms with Crippen LogP contribution in [0.2, 0.25) is 0 Å².